The second kappa shape index (κ2) is 6.61. The zero-order valence-corrected chi connectivity index (χ0v) is 8.97. The summed E-state index contributed by atoms with van der Waals surface area (Å²) in [7, 11) is 0. The van der Waals surface area contributed by atoms with Crippen LogP contribution in [0.15, 0.2) is 18.2 Å². The molecular formula is C10H13ClFNO2. The Hall–Kier alpha value is -0.840. The van der Waals surface area contributed by atoms with Gasteiger partial charge in [-0.25, -0.2) is 4.39 Å². The number of ether oxygens (including phenoxy) is 2. The van der Waals surface area contributed by atoms with Crippen molar-refractivity contribution in [2.24, 2.45) is 5.73 Å². The number of benzene rings is 1. The first-order valence-electron chi connectivity index (χ1n) is 4.60. The lowest BCUT2D eigenvalue weighted by Crippen LogP contribution is -2.13. The van der Waals surface area contributed by atoms with Crippen LogP contribution in [0.5, 0.6) is 5.75 Å². The Kier molecular flexibility index (Phi) is 5.39. The molecule has 84 valence electrons. The van der Waals surface area contributed by atoms with Crippen molar-refractivity contribution in [3.05, 3.63) is 29.0 Å². The van der Waals surface area contributed by atoms with Crippen molar-refractivity contribution in [3.63, 3.8) is 0 Å². The molecule has 0 saturated carbocycles. The Morgan fingerprint density at radius 2 is 2.07 bits per heavy atom. The fourth-order valence-electron chi connectivity index (χ4n) is 0.991. The number of hydrogen-bond donors (Lipinski definition) is 1. The maximum absolute atomic E-state index is 13.3. The van der Waals surface area contributed by atoms with Gasteiger partial charge in [-0.2, -0.15) is 0 Å². The largest absolute Gasteiger partial charge is 0.488 e. The summed E-state index contributed by atoms with van der Waals surface area (Å²) < 4.78 is 23.5. The smallest absolute Gasteiger partial charge is 0.183 e. The molecule has 0 spiro atoms. The highest BCUT2D eigenvalue weighted by Gasteiger charge is 2.06. The molecule has 0 aliphatic carbocycles. The van der Waals surface area contributed by atoms with Crippen molar-refractivity contribution in [2.75, 3.05) is 26.4 Å². The van der Waals surface area contributed by atoms with Crippen LogP contribution in [0.25, 0.3) is 0 Å². The second-order valence-corrected chi connectivity index (χ2v) is 3.21. The maximum Gasteiger partial charge on any atom is 0.183 e. The van der Waals surface area contributed by atoms with Crippen LogP contribution in [0.2, 0.25) is 5.02 Å². The van der Waals surface area contributed by atoms with Gasteiger partial charge >= 0.3 is 0 Å². The third kappa shape index (κ3) is 4.03. The normalized spacial score (nSPS) is 10.3. The highest BCUT2D eigenvalue weighted by Crippen LogP contribution is 2.23. The van der Waals surface area contributed by atoms with Crippen molar-refractivity contribution in [2.45, 2.75) is 0 Å². The molecular weight excluding hydrogens is 221 g/mol. The van der Waals surface area contributed by atoms with E-state index in [0.29, 0.717) is 19.8 Å². The fraction of sp³-hybridized carbons (Fsp3) is 0.400. The number of hydrogen-bond acceptors (Lipinski definition) is 3. The summed E-state index contributed by atoms with van der Waals surface area (Å²) in [5, 5.41) is 0.0513. The Bertz CT molecular complexity index is 309. The van der Waals surface area contributed by atoms with E-state index in [2.05, 4.69) is 0 Å². The van der Waals surface area contributed by atoms with Crippen LogP contribution in [0.1, 0.15) is 0 Å². The molecule has 5 heteroatoms. The molecule has 0 fully saturated rings. The van der Waals surface area contributed by atoms with Gasteiger partial charge in [0.2, 0.25) is 0 Å². The topological polar surface area (TPSA) is 44.5 Å². The standard InChI is InChI=1S/C10H13ClFNO2/c11-8-2-1-3-9(10(8)12)15-7-6-14-5-4-13/h1-3H,4-7,13H2. The number of rotatable bonds is 6. The SMILES string of the molecule is NCCOCCOc1cccc(Cl)c1F. The van der Waals surface area contributed by atoms with E-state index in [4.69, 9.17) is 26.8 Å². The molecule has 0 radical (unpaired) electrons. The minimum atomic E-state index is -0.544. The first-order chi connectivity index (χ1) is 7.25. The molecule has 0 amide bonds. The van der Waals surface area contributed by atoms with Gasteiger partial charge in [0.1, 0.15) is 6.61 Å². The summed E-state index contributed by atoms with van der Waals surface area (Å²) in [5.74, 6) is -0.406. The molecule has 0 heterocycles. The van der Waals surface area contributed by atoms with Gasteiger partial charge in [-0.1, -0.05) is 17.7 Å². The maximum atomic E-state index is 13.3. The van der Waals surface area contributed by atoms with Crippen LogP contribution in [-0.2, 0) is 4.74 Å². The minimum Gasteiger partial charge on any atom is -0.488 e. The van der Waals surface area contributed by atoms with E-state index >= 15 is 0 Å². The van der Waals surface area contributed by atoms with Crippen molar-refractivity contribution in [1.29, 1.82) is 0 Å². The number of nitrogens with two attached hydrogens (primary N) is 1. The third-order valence-corrected chi connectivity index (χ3v) is 1.96. The molecule has 2 N–H and O–H groups in total. The van der Waals surface area contributed by atoms with E-state index in [9.17, 15) is 4.39 Å². The molecule has 0 bridgehead atoms. The lowest BCUT2D eigenvalue weighted by molar-refractivity contribution is 0.104. The molecule has 1 aromatic rings. The minimum absolute atomic E-state index is 0.0513. The molecule has 3 nitrogen and oxygen atoms in total. The van der Waals surface area contributed by atoms with Crippen molar-refractivity contribution in [3.8, 4) is 5.75 Å². The van der Waals surface area contributed by atoms with Crippen LogP contribution in [0.3, 0.4) is 0 Å². The first-order valence-corrected chi connectivity index (χ1v) is 4.98. The lowest BCUT2D eigenvalue weighted by atomic mass is 10.3. The van der Waals surface area contributed by atoms with Crippen molar-refractivity contribution in [1.82, 2.24) is 0 Å². The van der Waals surface area contributed by atoms with Crippen molar-refractivity contribution < 1.29 is 13.9 Å². The molecule has 0 aromatic heterocycles. The van der Waals surface area contributed by atoms with Gasteiger partial charge in [0, 0.05) is 6.54 Å². The summed E-state index contributed by atoms with van der Waals surface area (Å²) in [4.78, 5) is 0. The quantitative estimate of drug-likeness (QED) is 0.763. The summed E-state index contributed by atoms with van der Waals surface area (Å²) in [5.41, 5.74) is 5.22. The Balaban J connectivity index is 2.34. The zero-order valence-electron chi connectivity index (χ0n) is 8.21. The van der Waals surface area contributed by atoms with E-state index in [1.807, 2.05) is 0 Å². The van der Waals surface area contributed by atoms with Crippen LogP contribution in [0, 0.1) is 5.82 Å². The molecule has 0 saturated heterocycles. The van der Waals surface area contributed by atoms with E-state index in [1.54, 1.807) is 6.07 Å². The lowest BCUT2D eigenvalue weighted by Gasteiger charge is -2.07. The van der Waals surface area contributed by atoms with Crippen LogP contribution >= 0.6 is 11.6 Å². The Morgan fingerprint density at radius 3 is 2.80 bits per heavy atom. The summed E-state index contributed by atoms with van der Waals surface area (Å²) in [6.45, 7) is 1.59. The third-order valence-electron chi connectivity index (χ3n) is 1.66. The van der Waals surface area contributed by atoms with Gasteiger partial charge in [0.25, 0.3) is 0 Å². The Morgan fingerprint density at radius 1 is 1.27 bits per heavy atom. The summed E-state index contributed by atoms with van der Waals surface area (Å²) in [6.07, 6.45) is 0. The van der Waals surface area contributed by atoms with Gasteiger partial charge in [-0.05, 0) is 12.1 Å². The highest BCUT2D eigenvalue weighted by molar-refractivity contribution is 6.30. The van der Waals surface area contributed by atoms with E-state index in [0.717, 1.165) is 0 Å². The molecule has 0 aliphatic rings. The second-order valence-electron chi connectivity index (χ2n) is 2.80. The average molecular weight is 234 g/mol. The highest BCUT2D eigenvalue weighted by atomic mass is 35.5. The van der Waals surface area contributed by atoms with Gasteiger partial charge in [0.15, 0.2) is 11.6 Å². The van der Waals surface area contributed by atoms with E-state index in [1.165, 1.54) is 12.1 Å². The average Bonchev–Trinajstić information content (AvgIpc) is 2.24. The Labute approximate surface area is 92.9 Å². The van der Waals surface area contributed by atoms with Gasteiger partial charge in [-0.15, -0.1) is 0 Å². The van der Waals surface area contributed by atoms with E-state index in [-0.39, 0.29) is 17.4 Å². The zero-order chi connectivity index (χ0) is 11.1. The summed E-state index contributed by atoms with van der Waals surface area (Å²) in [6, 6.07) is 4.61. The van der Waals surface area contributed by atoms with Gasteiger partial charge in [-0.3, -0.25) is 0 Å². The first kappa shape index (κ1) is 12.2. The molecule has 0 aliphatic heterocycles. The summed E-state index contributed by atoms with van der Waals surface area (Å²) >= 11 is 5.57. The molecule has 1 rings (SSSR count). The molecule has 0 unspecified atom stereocenters. The predicted molar refractivity (Wildman–Crippen MR) is 56.8 cm³/mol. The monoisotopic (exact) mass is 233 g/mol. The van der Waals surface area contributed by atoms with E-state index < -0.39 is 5.82 Å². The van der Waals surface area contributed by atoms with Crippen LogP contribution < -0.4 is 10.5 Å². The van der Waals surface area contributed by atoms with Crippen molar-refractivity contribution >= 4 is 11.6 Å². The van der Waals surface area contributed by atoms with Gasteiger partial charge < -0.3 is 15.2 Å². The van der Waals surface area contributed by atoms with Gasteiger partial charge in [0.05, 0.1) is 18.2 Å². The van der Waals surface area contributed by atoms with Crippen LogP contribution in [0.4, 0.5) is 4.39 Å². The van der Waals surface area contributed by atoms with Crippen LogP contribution in [-0.4, -0.2) is 26.4 Å². The fourth-order valence-corrected chi connectivity index (χ4v) is 1.16. The molecule has 1 aromatic carbocycles. The predicted octanol–water partition coefficient (Wildman–Crippen LogP) is 1.83. The molecule has 0 atom stereocenters. The molecule has 15 heavy (non-hydrogen) atoms. The number of halogens is 2.